The van der Waals surface area contributed by atoms with Gasteiger partial charge in [0.05, 0.1) is 0 Å². The highest BCUT2D eigenvalue weighted by Crippen LogP contribution is 2.29. The molecule has 1 unspecified atom stereocenters. The molecule has 2 nitrogen and oxygen atoms in total. The standard InChI is InChI=1S/C15H25NO/c1-5-7-9-15-12(3)10-16(13(4)17)11-14(15)8-6-2/h6,12H,2,5,7-11H2,1,3-4H3. The van der Waals surface area contributed by atoms with E-state index in [-0.39, 0.29) is 5.91 Å². The van der Waals surface area contributed by atoms with Gasteiger partial charge >= 0.3 is 0 Å². The Morgan fingerprint density at radius 3 is 2.82 bits per heavy atom. The van der Waals surface area contributed by atoms with Crippen molar-refractivity contribution in [2.45, 2.75) is 46.5 Å². The van der Waals surface area contributed by atoms with Gasteiger partial charge in [-0.2, -0.15) is 0 Å². The zero-order valence-corrected chi connectivity index (χ0v) is 11.5. The van der Waals surface area contributed by atoms with Gasteiger partial charge in [-0.15, -0.1) is 6.58 Å². The van der Waals surface area contributed by atoms with Crippen molar-refractivity contribution in [3.05, 3.63) is 23.8 Å². The second kappa shape index (κ2) is 6.63. The zero-order valence-electron chi connectivity index (χ0n) is 11.5. The molecule has 0 bridgehead atoms. The maximum atomic E-state index is 11.5. The van der Waals surface area contributed by atoms with E-state index in [0.29, 0.717) is 5.92 Å². The van der Waals surface area contributed by atoms with E-state index in [4.69, 9.17) is 0 Å². The van der Waals surface area contributed by atoms with Gasteiger partial charge in [-0.25, -0.2) is 0 Å². The minimum atomic E-state index is 0.188. The summed E-state index contributed by atoms with van der Waals surface area (Å²) >= 11 is 0. The fourth-order valence-corrected chi connectivity index (χ4v) is 2.59. The number of hydrogen-bond donors (Lipinski definition) is 0. The molecule has 0 aromatic heterocycles. The summed E-state index contributed by atoms with van der Waals surface area (Å²) in [7, 11) is 0. The average Bonchev–Trinajstić information content (AvgIpc) is 2.28. The summed E-state index contributed by atoms with van der Waals surface area (Å²) in [5.41, 5.74) is 2.99. The molecule has 0 fully saturated rings. The van der Waals surface area contributed by atoms with Crippen molar-refractivity contribution >= 4 is 5.91 Å². The number of carbonyl (C=O) groups is 1. The largest absolute Gasteiger partial charge is 0.338 e. The number of unbranched alkanes of at least 4 members (excludes halogenated alkanes) is 1. The van der Waals surface area contributed by atoms with Crippen molar-refractivity contribution in [3.63, 3.8) is 0 Å². The molecule has 96 valence electrons. The number of hydrogen-bond acceptors (Lipinski definition) is 1. The molecule has 0 radical (unpaired) electrons. The highest BCUT2D eigenvalue weighted by atomic mass is 16.2. The zero-order chi connectivity index (χ0) is 12.8. The number of nitrogens with zero attached hydrogens (tertiary/aromatic N) is 1. The van der Waals surface area contributed by atoms with Gasteiger partial charge in [0.2, 0.25) is 5.91 Å². The summed E-state index contributed by atoms with van der Waals surface area (Å²) < 4.78 is 0. The van der Waals surface area contributed by atoms with Crippen LogP contribution in [0.4, 0.5) is 0 Å². The lowest BCUT2D eigenvalue weighted by atomic mass is 9.86. The summed E-state index contributed by atoms with van der Waals surface area (Å²) in [6.07, 6.45) is 6.55. The van der Waals surface area contributed by atoms with Crippen molar-refractivity contribution in [1.82, 2.24) is 4.90 Å². The molecule has 2 heteroatoms. The van der Waals surface area contributed by atoms with E-state index in [2.05, 4.69) is 20.4 Å². The highest BCUT2D eigenvalue weighted by Gasteiger charge is 2.24. The van der Waals surface area contributed by atoms with Crippen LogP contribution in [0.15, 0.2) is 23.8 Å². The molecule has 0 aliphatic carbocycles. The van der Waals surface area contributed by atoms with Crippen LogP contribution in [0.5, 0.6) is 0 Å². The SMILES string of the molecule is C=CCC1=C(CCCC)C(C)CN(C(C)=O)C1. The van der Waals surface area contributed by atoms with Gasteiger partial charge in [0.1, 0.15) is 0 Å². The molecule has 1 aliphatic rings. The van der Waals surface area contributed by atoms with Crippen LogP contribution < -0.4 is 0 Å². The Balaban J connectivity index is 2.86. The topological polar surface area (TPSA) is 20.3 Å². The van der Waals surface area contributed by atoms with Gasteiger partial charge in [0, 0.05) is 20.0 Å². The molecule has 0 spiro atoms. The van der Waals surface area contributed by atoms with Crippen LogP contribution in [-0.2, 0) is 4.79 Å². The van der Waals surface area contributed by atoms with E-state index in [1.54, 1.807) is 12.5 Å². The summed E-state index contributed by atoms with van der Waals surface area (Å²) in [5.74, 6) is 0.696. The molecule has 0 aromatic carbocycles. The maximum Gasteiger partial charge on any atom is 0.219 e. The predicted octanol–water partition coefficient (Wildman–Crippen LogP) is 3.55. The van der Waals surface area contributed by atoms with E-state index in [9.17, 15) is 4.79 Å². The van der Waals surface area contributed by atoms with E-state index in [1.807, 2.05) is 11.0 Å². The molecule has 0 N–H and O–H groups in total. The van der Waals surface area contributed by atoms with Crippen LogP contribution in [0.2, 0.25) is 0 Å². The van der Waals surface area contributed by atoms with Crippen molar-refractivity contribution in [3.8, 4) is 0 Å². The number of carbonyl (C=O) groups excluding carboxylic acids is 1. The first-order valence-corrected chi connectivity index (χ1v) is 6.67. The molecule has 1 atom stereocenters. The second-order valence-corrected chi connectivity index (χ2v) is 5.03. The molecule has 1 rings (SSSR count). The molecule has 1 aliphatic heterocycles. The molecular formula is C15H25NO. The Hall–Kier alpha value is -1.05. The van der Waals surface area contributed by atoms with Gasteiger partial charge in [0.25, 0.3) is 0 Å². The minimum Gasteiger partial charge on any atom is -0.338 e. The lowest BCUT2D eigenvalue weighted by Crippen LogP contribution is -2.39. The first kappa shape index (κ1) is 14.0. The average molecular weight is 235 g/mol. The normalized spacial score (nSPS) is 20.6. The number of amides is 1. The molecule has 1 heterocycles. The van der Waals surface area contributed by atoms with Crippen LogP contribution in [0.25, 0.3) is 0 Å². The molecule has 0 saturated carbocycles. The van der Waals surface area contributed by atoms with Gasteiger partial charge in [-0.1, -0.05) is 31.9 Å². The number of rotatable bonds is 5. The monoisotopic (exact) mass is 235 g/mol. The third-order valence-corrected chi connectivity index (χ3v) is 3.56. The Labute approximate surface area is 105 Å². The van der Waals surface area contributed by atoms with Gasteiger partial charge in [0.15, 0.2) is 0 Å². The predicted molar refractivity (Wildman–Crippen MR) is 72.8 cm³/mol. The van der Waals surface area contributed by atoms with Gasteiger partial charge in [-0.3, -0.25) is 4.79 Å². The first-order valence-electron chi connectivity index (χ1n) is 6.67. The molecule has 0 aromatic rings. The van der Waals surface area contributed by atoms with Crippen LogP contribution in [-0.4, -0.2) is 23.9 Å². The molecule has 17 heavy (non-hydrogen) atoms. The first-order chi connectivity index (χ1) is 8.10. The lowest BCUT2D eigenvalue weighted by molar-refractivity contribution is -0.129. The van der Waals surface area contributed by atoms with Gasteiger partial charge < -0.3 is 4.90 Å². The third kappa shape index (κ3) is 3.72. The molecular weight excluding hydrogens is 210 g/mol. The number of allylic oxidation sites excluding steroid dienone is 1. The summed E-state index contributed by atoms with van der Waals surface area (Å²) in [6.45, 7) is 11.6. The fraction of sp³-hybridized carbons (Fsp3) is 0.667. The van der Waals surface area contributed by atoms with E-state index >= 15 is 0 Å². The minimum absolute atomic E-state index is 0.188. The quantitative estimate of drug-likeness (QED) is 0.667. The Bertz CT molecular complexity index is 317. The van der Waals surface area contributed by atoms with Gasteiger partial charge in [-0.05, 0) is 30.8 Å². The second-order valence-electron chi connectivity index (χ2n) is 5.03. The van der Waals surface area contributed by atoms with Crippen LogP contribution >= 0.6 is 0 Å². The molecule has 1 amide bonds. The Morgan fingerprint density at radius 2 is 2.29 bits per heavy atom. The van der Waals surface area contributed by atoms with Crippen LogP contribution in [0.1, 0.15) is 46.5 Å². The smallest absolute Gasteiger partial charge is 0.219 e. The van der Waals surface area contributed by atoms with E-state index in [0.717, 1.165) is 19.5 Å². The third-order valence-electron chi connectivity index (χ3n) is 3.56. The maximum absolute atomic E-state index is 11.5. The highest BCUT2D eigenvalue weighted by molar-refractivity contribution is 5.74. The van der Waals surface area contributed by atoms with E-state index in [1.165, 1.54) is 24.8 Å². The Kier molecular flexibility index (Phi) is 5.46. The van der Waals surface area contributed by atoms with E-state index < -0.39 is 0 Å². The van der Waals surface area contributed by atoms with Crippen LogP contribution in [0, 0.1) is 5.92 Å². The van der Waals surface area contributed by atoms with Crippen LogP contribution in [0.3, 0.4) is 0 Å². The fourth-order valence-electron chi connectivity index (χ4n) is 2.59. The summed E-state index contributed by atoms with van der Waals surface area (Å²) in [5, 5.41) is 0. The van der Waals surface area contributed by atoms with Crippen molar-refractivity contribution in [2.75, 3.05) is 13.1 Å². The van der Waals surface area contributed by atoms with Crippen molar-refractivity contribution < 1.29 is 4.79 Å². The Morgan fingerprint density at radius 1 is 1.59 bits per heavy atom. The van der Waals surface area contributed by atoms with Crippen molar-refractivity contribution in [1.29, 1.82) is 0 Å². The summed E-state index contributed by atoms with van der Waals surface area (Å²) in [6, 6.07) is 0. The summed E-state index contributed by atoms with van der Waals surface area (Å²) in [4.78, 5) is 13.4. The lowest BCUT2D eigenvalue weighted by Gasteiger charge is -2.34. The van der Waals surface area contributed by atoms with Crippen molar-refractivity contribution in [2.24, 2.45) is 5.92 Å². The molecule has 0 saturated heterocycles.